The maximum atomic E-state index is 6.18. The van der Waals surface area contributed by atoms with Crippen LogP contribution in [0, 0.1) is 0 Å². The molecule has 2 heterocycles. The quantitative estimate of drug-likeness (QED) is 0.414. The van der Waals surface area contributed by atoms with Crippen LogP contribution < -0.4 is 15.8 Å². The molecule has 4 rings (SSSR count). The van der Waals surface area contributed by atoms with Gasteiger partial charge in [0.25, 0.3) is 0 Å². The number of nitrogens with one attached hydrogen (secondary N) is 1. The number of methoxy groups -OCH3 is 1. The predicted molar refractivity (Wildman–Crippen MR) is 116 cm³/mol. The largest absolute Gasteiger partial charge is 0.461 e. The number of nitrogens with two attached hydrogens (primary N) is 1. The van der Waals surface area contributed by atoms with Gasteiger partial charge in [-0.3, -0.25) is 4.57 Å². The number of benzene rings is 2. The molecule has 2 aromatic carbocycles. The molecule has 154 valence electrons. The molecule has 0 aliphatic carbocycles. The van der Waals surface area contributed by atoms with Crippen LogP contribution in [0.5, 0.6) is 6.01 Å². The van der Waals surface area contributed by atoms with Crippen LogP contribution in [0.2, 0.25) is 0 Å². The average molecular weight is 404 g/mol. The average Bonchev–Trinajstić information content (AvgIpc) is 3.12. The van der Waals surface area contributed by atoms with Crippen LogP contribution in [0.4, 0.5) is 11.8 Å². The topological polar surface area (TPSA) is 100 Å². The highest BCUT2D eigenvalue weighted by Gasteiger charge is 2.17. The lowest BCUT2D eigenvalue weighted by molar-refractivity contribution is 0.141. The third-order valence-corrected chi connectivity index (χ3v) is 4.60. The Hall–Kier alpha value is -3.65. The van der Waals surface area contributed by atoms with Gasteiger partial charge in [0.05, 0.1) is 13.2 Å². The molecule has 0 aliphatic heterocycles. The van der Waals surface area contributed by atoms with Crippen LogP contribution in [0.1, 0.15) is 11.1 Å². The maximum Gasteiger partial charge on any atom is 0.320 e. The highest BCUT2D eigenvalue weighted by atomic mass is 16.5. The van der Waals surface area contributed by atoms with Crippen molar-refractivity contribution < 1.29 is 9.47 Å². The van der Waals surface area contributed by atoms with Gasteiger partial charge in [-0.05, 0) is 11.1 Å². The molecule has 8 nitrogen and oxygen atoms in total. The summed E-state index contributed by atoms with van der Waals surface area (Å²) in [6, 6.07) is 20.5. The van der Waals surface area contributed by atoms with Gasteiger partial charge in [-0.25, -0.2) is 4.98 Å². The van der Waals surface area contributed by atoms with Crippen molar-refractivity contribution in [3.05, 3.63) is 71.8 Å². The monoisotopic (exact) mass is 404 g/mol. The van der Waals surface area contributed by atoms with Gasteiger partial charge in [-0.1, -0.05) is 60.7 Å². The summed E-state index contributed by atoms with van der Waals surface area (Å²) < 4.78 is 12.6. The molecule has 3 N–H and O–H groups in total. The Balaban J connectivity index is 1.70. The standard InChI is InChI=1S/C22H24N6O2/c1-29-12-13-30-22-26-19(23)18-20(27-22)28(15-17-10-6-3-7-11-17)21(25-18)24-14-16-8-4-2-5-9-16/h2-11H,12-15H2,1H3,(H,24,25)(H2,23,26,27). The molecule has 0 bridgehead atoms. The Labute approximate surface area is 174 Å². The molecule has 4 aromatic rings. The van der Waals surface area contributed by atoms with E-state index in [1.54, 1.807) is 7.11 Å². The Morgan fingerprint density at radius 1 is 0.900 bits per heavy atom. The molecule has 0 atom stereocenters. The minimum Gasteiger partial charge on any atom is -0.461 e. The summed E-state index contributed by atoms with van der Waals surface area (Å²) in [4.78, 5) is 13.5. The summed E-state index contributed by atoms with van der Waals surface area (Å²) in [6.07, 6.45) is 0. The first-order chi connectivity index (χ1) is 14.7. The maximum absolute atomic E-state index is 6.18. The minimum absolute atomic E-state index is 0.209. The van der Waals surface area contributed by atoms with E-state index < -0.39 is 0 Å². The number of nitrogen functional groups attached to an aromatic ring is 1. The van der Waals surface area contributed by atoms with Gasteiger partial charge in [0.2, 0.25) is 5.95 Å². The van der Waals surface area contributed by atoms with Crippen LogP contribution in [-0.2, 0) is 17.8 Å². The first-order valence-electron chi connectivity index (χ1n) is 9.72. The Bertz CT molecular complexity index is 1100. The molecule has 30 heavy (non-hydrogen) atoms. The van der Waals surface area contributed by atoms with Crippen LogP contribution >= 0.6 is 0 Å². The van der Waals surface area contributed by atoms with Crippen molar-refractivity contribution in [3.63, 3.8) is 0 Å². The second-order valence-electron chi connectivity index (χ2n) is 6.75. The third kappa shape index (κ3) is 4.49. The molecule has 0 spiro atoms. The van der Waals surface area contributed by atoms with Crippen LogP contribution in [-0.4, -0.2) is 39.8 Å². The zero-order chi connectivity index (χ0) is 20.8. The lowest BCUT2D eigenvalue weighted by atomic mass is 10.2. The molecular formula is C22H24N6O2. The van der Waals surface area contributed by atoms with E-state index >= 15 is 0 Å². The molecule has 2 aromatic heterocycles. The summed E-state index contributed by atoms with van der Waals surface area (Å²) >= 11 is 0. The number of nitrogens with zero attached hydrogens (tertiary/aromatic N) is 4. The molecule has 8 heteroatoms. The van der Waals surface area contributed by atoms with E-state index in [1.807, 2.05) is 41.0 Å². The summed E-state index contributed by atoms with van der Waals surface area (Å²) in [7, 11) is 1.61. The normalized spacial score (nSPS) is 11.0. The SMILES string of the molecule is COCCOc1nc(N)c2nc(NCc3ccccc3)n(Cc3ccccc3)c2n1. The summed E-state index contributed by atoms with van der Waals surface area (Å²) in [6.45, 7) is 1.99. The fourth-order valence-corrected chi connectivity index (χ4v) is 3.11. The lowest BCUT2D eigenvalue weighted by Crippen LogP contribution is -2.10. The third-order valence-electron chi connectivity index (χ3n) is 4.60. The molecule has 0 saturated heterocycles. The number of fused-ring (bicyclic) bond motifs is 1. The minimum atomic E-state index is 0.209. The Kier molecular flexibility index (Phi) is 6.05. The fourth-order valence-electron chi connectivity index (χ4n) is 3.11. The first kappa shape index (κ1) is 19.7. The van der Waals surface area contributed by atoms with Gasteiger partial charge < -0.3 is 20.5 Å². The number of rotatable bonds is 9. The van der Waals surface area contributed by atoms with Crippen molar-refractivity contribution >= 4 is 22.9 Å². The van der Waals surface area contributed by atoms with Crippen molar-refractivity contribution in [2.24, 2.45) is 0 Å². The van der Waals surface area contributed by atoms with Gasteiger partial charge in [0, 0.05) is 13.7 Å². The van der Waals surface area contributed by atoms with E-state index in [-0.39, 0.29) is 11.8 Å². The molecule has 0 amide bonds. The van der Waals surface area contributed by atoms with Crippen molar-refractivity contribution in [3.8, 4) is 6.01 Å². The highest BCUT2D eigenvalue weighted by Crippen LogP contribution is 2.25. The summed E-state index contributed by atoms with van der Waals surface area (Å²) in [5, 5.41) is 3.41. The fraction of sp³-hybridized carbons (Fsp3) is 0.227. The van der Waals surface area contributed by atoms with Crippen molar-refractivity contribution in [1.82, 2.24) is 19.5 Å². The number of imidazole rings is 1. The smallest absolute Gasteiger partial charge is 0.320 e. The van der Waals surface area contributed by atoms with E-state index in [9.17, 15) is 0 Å². The number of anilines is 2. The molecule has 0 aliphatic rings. The van der Waals surface area contributed by atoms with Crippen molar-refractivity contribution in [2.75, 3.05) is 31.4 Å². The number of hydrogen-bond acceptors (Lipinski definition) is 7. The molecular weight excluding hydrogens is 380 g/mol. The van der Waals surface area contributed by atoms with Crippen molar-refractivity contribution in [1.29, 1.82) is 0 Å². The van der Waals surface area contributed by atoms with Gasteiger partial charge in [-0.2, -0.15) is 9.97 Å². The second-order valence-corrected chi connectivity index (χ2v) is 6.75. The number of ether oxygens (including phenoxy) is 2. The zero-order valence-electron chi connectivity index (χ0n) is 16.8. The number of hydrogen-bond donors (Lipinski definition) is 2. The van der Waals surface area contributed by atoms with E-state index in [0.29, 0.717) is 43.4 Å². The first-order valence-corrected chi connectivity index (χ1v) is 9.72. The van der Waals surface area contributed by atoms with Crippen LogP contribution in [0.15, 0.2) is 60.7 Å². The Morgan fingerprint density at radius 2 is 1.60 bits per heavy atom. The molecule has 0 unspecified atom stereocenters. The van der Waals surface area contributed by atoms with E-state index in [4.69, 9.17) is 15.2 Å². The molecule has 0 fully saturated rings. The summed E-state index contributed by atoms with van der Waals surface area (Å²) in [5.74, 6) is 0.953. The Morgan fingerprint density at radius 3 is 2.30 bits per heavy atom. The van der Waals surface area contributed by atoms with Gasteiger partial charge in [0.1, 0.15) is 6.61 Å². The second kappa shape index (κ2) is 9.23. The summed E-state index contributed by atoms with van der Waals surface area (Å²) in [5.41, 5.74) is 9.62. The van der Waals surface area contributed by atoms with Crippen molar-refractivity contribution in [2.45, 2.75) is 13.1 Å². The number of aromatic nitrogens is 4. The van der Waals surface area contributed by atoms with Crippen LogP contribution in [0.25, 0.3) is 11.2 Å². The van der Waals surface area contributed by atoms with Gasteiger partial charge in [0.15, 0.2) is 17.0 Å². The van der Waals surface area contributed by atoms with Gasteiger partial charge >= 0.3 is 6.01 Å². The lowest BCUT2D eigenvalue weighted by Gasteiger charge is -2.11. The highest BCUT2D eigenvalue weighted by molar-refractivity contribution is 5.84. The molecule has 0 radical (unpaired) electrons. The zero-order valence-corrected chi connectivity index (χ0v) is 16.8. The van der Waals surface area contributed by atoms with Crippen LogP contribution in [0.3, 0.4) is 0 Å². The molecule has 0 saturated carbocycles. The predicted octanol–water partition coefficient (Wildman–Crippen LogP) is 3.09. The van der Waals surface area contributed by atoms with Gasteiger partial charge in [-0.15, -0.1) is 0 Å². The van der Waals surface area contributed by atoms with E-state index in [2.05, 4.69) is 44.5 Å². The van der Waals surface area contributed by atoms with E-state index in [0.717, 1.165) is 11.1 Å². The van der Waals surface area contributed by atoms with E-state index in [1.165, 1.54) is 0 Å².